The lowest BCUT2D eigenvalue weighted by atomic mass is 10.1. The molecule has 0 saturated heterocycles. The molecule has 2 aliphatic rings. The SMILES string of the molecule is COc1cc(C(=O)OCC(=O)Nc2ccc3c(c2)OCCCO3)cc2c1OCCO2. The first-order chi connectivity index (χ1) is 14.6. The molecule has 2 aliphatic heterocycles. The van der Waals surface area contributed by atoms with E-state index in [0.29, 0.717) is 60.9 Å². The lowest BCUT2D eigenvalue weighted by Gasteiger charge is -2.21. The molecule has 0 fully saturated rings. The molecule has 0 atom stereocenters. The minimum atomic E-state index is -0.681. The summed E-state index contributed by atoms with van der Waals surface area (Å²) in [4.78, 5) is 24.6. The fourth-order valence-electron chi connectivity index (χ4n) is 3.04. The van der Waals surface area contributed by atoms with E-state index in [2.05, 4.69) is 5.32 Å². The summed E-state index contributed by atoms with van der Waals surface area (Å²) in [6.45, 7) is 1.43. The second kappa shape index (κ2) is 8.81. The van der Waals surface area contributed by atoms with Crippen LogP contribution in [0.2, 0.25) is 0 Å². The van der Waals surface area contributed by atoms with E-state index in [1.165, 1.54) is 19.2 Å². The van der Waals surface area contributed by atoms with Crippen LogP contribution >= 0.6 is 0 Å². The Bertz CT molecular complexity index is 941. The van der Waals surface area contributed by atoms with E-state index in [-0.39, 0.29) is 5.56 Å². The van der Waals surface area contributed by atoms with Crippen LogP contribution in [-0.4, -0.2) is 52.0 Å². The zero-order valence-corrected chi connectivity index (χ0v) is 16.4. The van der Waals surface area contributed by atoms with Crippen LogP contribution in [0.3, 0.4) is 0 Å². The van der Waals surface area contributed by atoms with Gasteiger partial charge in [0.1, 0.15) is 13.2 Å². The largest absolute Gasteiger partial charge is 0.493 e. The van der Waals surface area contributed by atoms with Crippen molar-refractivity contribution in [3.8, 4) is 28.7 Å². The number of amides is 1. The molecule has 0 spiro atoms. The number of methoxy groups -OCH3 is 1. The van der Waals surface area contributed by atoms with Crippen LogP contribution < -0.4 is 29.0 Å². The Hall–Kier alpha value is -3.62. The van der Waals surface area contributed by atoms with Crippen LogP contribution in [0.1, 0.15) is 16.8 Å². The maximum atomic E-state index is 12.4. The molecule has 0 aliphatic carbocycles. The average molecular weight is 415 g/mol. The summed E-state index contributed by atoms with van der Waals surface area (Å²) < 4.78 is 32.5. The summed E-state index contributed by atoms with van der Waals surface area (Å²) in [5.41, 5.74) is 0.709. The van der Waals surface area contributed by atoms with Crippen molar-refractivity contribution < 1.29 is 38.0 Å². The number of benzene rings is 2. The Morgan fingerprint density at radius 3 is 2.53 bits per heavy atom. The minimum absolute atomic E-state index is 0.194. The zero-order chi connectivity index (χ0) is 20.9. The van der Waals surface area contributed by atoms with E-state index in [4.69, 9.17) is 28.4 Å². The number of rotatable bonds is 5. The Labute approximate surface area is 172 Å². The van der Waals surface area contributed by atoms with Crippen molar-refractivity contribution in [1.82, 2.24) is 0 Å². The maximum Gasteiger partial charge on any atom is 0.338 e. The van der Waals surface area contributed by atoms with E-state index >= 15 is 0 Å². The molecule has 1 amide bonds. The van der Waals surface area contributed by atoms with Crippen LogP contribution in [0.5, 0.6) is 28.7 Å². The molecular weight excluding hydrogens is 394 g/mol. The van der Waals surface area contributed by atoms with Gasteiger partial charge in [0.15, 0.2) is 29.6 Å². The van der Waals surface area contributed by atoms with Gasteiger partial charge in [-0.1, -0.05) is 0 Å². The van der Waals surface area contributed by atoms with Crippen LogP contribution in [0.25, 0.3) is 0 Å². The van der Waals surface area contributed by atoms with Crippen molar-refractivity contribution in [3.05, 3.63) is 35.9 Å². The molecule has 4 rings (SSSR count). The number of esters is 1. The van der Waals surface area contributed by atoms with Gasteiger partial charge in [0.05, 0.1) is 25.9 Å². The standard InChI is InChI=1S/C21H21NO8/c1-25-17-9-13(10-18-20(17)29-8-7-28-18)21(24)30-12-19(23)22-14-3-4-15-16(11-14)27-6-2-5-26-15/h3-4,9-11H,2,5-8,12H2,1H3,(H,22,23). The summed E-state index contributed by atoms with van der Waals surface area (Å²) in [5.74, 6) is 1.21. The third-order valence-electron chi connectivity index (χ3n) is 4.43. The van der Waals surface area contributed by atoms with Crippen LogP contribution in [-0.2, 0) is 9.53 Å². The molecule has 158 valence electrons. The predicted octanol–water partition coefficient (Wildman–Crippen LogP) is 2.42. The summed E-state index contributed by atoms with van der Waals surface area (Å²) in [6.07, 6.45) is 0.789. The Kier molecular flexibility index (Phi) is 5.78. The molecule has 0 saturated carbocycles. The van der Waals surface area contributed by atoms with E-state index in [0.717, 1.165) is 6.42 Å². The molecule has 2 aromatic rings. The first-order valence-corrected chi connectivity index (χ1v) is 9.48. The topological polar surface area (TPSA) is 102 Å². The predicted molar refractivity (Wildman–Crippen MR) is 105 cm³/mol. The Balaban J connectivity index is 1.37. The van der Waals surface area contributed by atoms with Gasteiger partial charge in [0.25, 0.3) is 5.91 Å². The lowest BCUT2D eigenvalue weighted by Crippen LogP contribution is -2.21. The van der Waals surface area contributed by atoms with E-state index in [1.807, 2.05) is 0 Å². The van der Waals surface area contributed by atoms with Gasteiger partial charge >= 0.3 is 5.97 Å². The second-order valence-electron chi connectivity index (χ2n) is 6.54. The first-order valence-electron chi connectivity index (χ1n) is 9.48. The minimum Gasteiger partial charge on any atom is -0.493 e. The van der Waals surface area contributed by atoms with Gasteiger partial charge in [0.2, 0.25) is 5.75 Å². The number of hydrogen-bond acceptors (Lipinski definition) is 8. The van der Waals surface area contributed by atoms with Gasteiger partial charge in [-0.05, 0) is 24.3 Å². The Morgan fingerprint density at radius 1 is 0.933 bits per heavy atom. The highest BCUT2D eigenvalue weighted by Crippen LogP contribution is 2.40. The molecule has 9 heteroatoms. The molecule has 2 heterocycles. The van der Waals surface area contributed by atoms with Gasteiger partial charge in [-0.25, -0.2) is 4.79 Å². The summed E-state index contributed by atoms with van der Waals surface area (Å²) >= 11 is 0. The zero-order valence-electron chi connectivity index (χ0n) is 16.4. The lowest BCUT2D eigenvalue weighted by molar-refractivity contribution is -0.119. The number of carbonyl (C=O) groups excluding carboxylic acids is 2. The number of ether oxygens (including phenoxy) is 6. The molecule has 1 N–H and O–H groups in total. The summed E-state index contributed by atoms with van der Waals surface area (Å²) in [5, 5.41) is 2.67. The molecule has 0 bridgehead atoms. The molecule has 9 nitrogen and oxygen atoms in total. The number of anilines is 1. The normalized spacial score (nSPS) is 14.3. The van der Waals surface area contributed by atoms with Crippen molar-refractivity contribution in [2.45, 2.75) is 6.42 Å². The monoisotopic (exact) mass is 415 g/mol. The number of nitrogens with one attached hydrogen (secondary N) is 1. The van der Waals surface area contributed by atoms with Crippen molar-refractivity contribution >= 4 is 17.6 Å². The van der Waals surface area contributed by atoms with E-state index in [1.54, 1.807) is 18.2 Å². The van der Waals surface area contributed by atoms with Gasteiger partial charge in [-0.2, -0.15) is 0 Å². The highest BCUT2D eigenvalue weighted by Gasteiger charge is 2.22. The van der Waals surface area contributed by atoms with Crippen molar-refractivity contribution in [3.63, 3.8) is 0 Å². The van der Waals surface area contributed by atoms with Crippen LogP contribution in [0.15, 0.2) is 30.3 Å². The highest BCUT2D eigenvalue weighted by molar-refractivity contribution is 5.96. The first kappa shape index (κ1) is 19.7. The number of carbonyl (C=O) groups is 2. The number of fused-ring (bicyclic) bond motifs is 2. The summed E-state index contributed by atoms with van der Waals surface area (Å²) in [7, 11) is 1.46. The molecular formula is C21H21NO8. The fourth-order valence-corrected chi connectivity index (χ4v) is 3.04. The number of hydrogen-bond donors (Lipinski definition) is 1. The third kappa shape index (κ3) is 4.35. The van der Waals surface area contributed by atoms with Gasteiger partial charge in [0, 0.05) is 18.2 Å². The van der Waals surface area contributed by atoms with Crippen molar-refractivity contribution in [2.24, 2.45) is 0 Å². The maximum absolute atomic E-state index is 12.4. The third-order valence-corrected chi connectivity index (χ3v) is 4.43. The van der Waals surface area contributed by atoms with Crippen molar-refractivity contribution in [2.75, 3.05) is 45.5 Å². The van der Waals surface area contributed by atoms with Gasteiger partial charge in [-0.15, -0.1) is 0 Å². The molecule has 0 aromatic heterocycles. The molecule has 2 aromatic carbocycles. The van der Waals surface area contributed by atoms with Crippen LogP contribution in [0.4, 0.5) is 5.69 Å². The second-order valence-corrected chi connectivity index (χ2v) is 6.54. The average Bonchev–Trinajstić information content (AvgIpc) is 3.01. The van der Waals surface area contributed by atoms with Gasteiger partial charge < -0.3 is 33.7 Å². The molecule has 0 radical (unpaired) electrons. The smallest absolute Gasteiger partial charge is 0.338 e. The van der Waals surface area contributed by atoms with E-state index < -0.39 is 18.5 Å². The molecule has 0 unspecified atom stereocenters. The summed E-state index contributed by atoms with van der Waals surface area (Å²) in [6, 6.07) is 8.08. The van der Waals surface area contributed by atoms with Crippen LogP contribution in [0, 0.1) is 0 Å². The highest BCUT2D eigenvalue weighted by atomic mass is 16.6. The fraction of sp³-hybridized carbons (Fsp3) is 0.333. The van der Waals surface area contributed by atoms with Crippen molar-refractivity contribution in [1.29, 1.82) is 0 Å². The quantitative estimate of drug-likeness (QED) is 0.743. The Morgan fingerprint density at radius 2 is 1.70 bits per heavy atom. The van der Waals surface area contributed by atoms with E-state index in [9.17, 15) is 9.59 Å². The van der Waals surface area contributed by atoms with Gasteiger partial charge in [-0.3, -0.25) is 4.79 Å². The molecule has 30 heavy (non-hydrogen) atoms.